The van der Waals surface area contributed by atoms with Crippen molar-refractivity contribution in [1.82, 2.24) is 9.55 Å². The van der Waals surface area contributed by atoms with Gasteiger partial charge in [-0.3, -0.25) is 14.3 Å². The van der Waals surface area contributed by atoms with Crippen molar-refractivity contribution in [2.24, 2.45) is 0 Å². The summed E-state index contributed by atoms with van der Waals surface area (Å²) in [6.07, 6.45) is -4.47. The quantitative estimate of drug-likeness (QED) is 0.368. The molecule has 6 rings (SSSR count). The Morgan fingerprint density at radius 1 is 1.11 bits per heavy atom. The van der Waals surface area contributed by atoms with Crippen LogP contribution in [-0.2, 0) is 11.2 Å². The largest absolute Gasteiger partial charge is 0.490 e. The van der Waals surface area contributed by atoms with Crippen LogP contribution in [-0.4, -0.2) is 34.3 Å². The molecule has 4 aromatic rings. The molecule has 1 amide bonds. The fraction of sp³-hybridized carbons (Fsp3) is 0.259. The van der Waals surface area contributed by atoms with Crippen LogP contribution in [0.3, 0.4) is 0 Å². The first-order chi connectivity index (χ1) is 17.2. The Bertz CT molecular complexity index is 1510. The molecule has 2 aliphatic rings. The minimum Gasteiger partial charge on any atom is -0.490 e. The Kier molecular flexibility index (Phi) is 5.00. The topological polar surface area (TPSA) is 56.6 Å². The molecular formula is C27H22F3N3O3. The third-order valence-corrected chi connectivity index (χ3v) is 6.68. The van der Waals surface area contributed by atoms with Crippen LogP contribution >= 0.6 is 0 Å². The molecule has 0 saturated heterocycles. The summed E-state index contributed by atoms with van der Waals surface area (Å²) >= 11 is 0. The number of ether oxygens (including phenoxy) is 2. The van der Waals surface area contributed by atoms with Gasteiger partial charge in [0.25, 0.3) is 0 Å². The molecule has 2 atom stereocenters. The van der Waals surface area contributed by atoms with Crippen LogP contribution in [0.4, 0.5) is 18.9 Å². The molecule has 0 spiro atoms. The number of rotatable bonds is 3. The fourth-order valence-electron chi connectivity index (χ4n) is 5.17. The highest BCUT2D eigenvalue weighted by atomic mass is 19.4. The number of aryl methyl sites for hydroxylation is 1. The number of carbonyl (C=O) groups is 1. The molecule has 3 heterocycles. The summed E-state index contributed by atoms with van der Waals surface area (Å²) in [5.74, 6) is -0.317. The van der Waals surface area contributed by atoms with E-state index in [2.05, 4.69) is 4.98 Å². The Morgan fingerprint density at radius 3 is 2.72 bits per heavy atom. The number of carbonyl (C=O) groups excluding carboxylic acids is 1. The molecule has 0 N–H and O–H groups in total. The Balaban J connectivity index is 1.48. The second-order valence-corrected chi connectivity index (χ2v) is 9.10. The van der Waals surface area contributed by atoms with Crippen molar-refractivity contribution in [2.45, 2.75) is 38.6 Å². The van der Waals surface area contributed by atoms with Crippen LogP contribution in [0.15, 0.2) is 60.7 Å². The van der Waals surface area contributed by atoms with E-state index in [-0.39, 0.29) is 18.4 Å². The maximum atomic E-state index is 13.8. The first-order valence-corrected chi connectivity index (χ1v) is 11.6. The SMILES string of the molecule is Cc1nc2ccccc2n1-c1cccc2c1OCC2N(C(=O)C(F)(F)F)c1ccc2c(c1)OC(C)C2. The molecule has 184 valence electrons. The average molecular weight is 493 g/mol. The van der Waals surface area contributed by atoms with Crippen molar-refractivity contribution in [3.05, 3.63) is 77.6 Å². The number of anilines is 1. The van der Waals surface area contributed by atoms with Crippen LogP contribution in [0.1, 0.15) is 29.9 Å². The van der Waals surface area contributed by atoms with E-state index in [1.165, 1.54) is 6.07 Å². The van der Waals surface area contributed by atoms with E-state index in [0.717, 1.165) is 21.5 Å². The number of benzene rings is 3. The maximum Gasteiger partial charge on any atom is 0.471 e. The summed E-state index contributed by atoms with van der Waals surface area (Å²) in [7, 11) is 0. The second kappa shape index (κ2) is 8.01. The first-order valence-electron chi connectivity index (χ1n) is 11.6. The molecule has 36 heavy (non-hydrogen) atoms. The van der Waals surface area contributed by atoms with Gasteiger partial charge in [0.1, 0.15) is 30.0 Å². The molecule has 6 nitrogen and oxygen atoms in total. The molecule has 0 bridgehead atoms. The highest BCUT2D eigenvalue weighted by Crippen LogP contribution is 2.45. The average Bonchev–Trinajstić information content (AvgIpc) is 3.52. The van der Waals surface area contributed by atoms with Crippen molar-refractivity contribution in [3.8, 4) is 17.2 Å². The van der Waals surface area contributed by atoms with Gasteiger partial charge in [-0.05, 0) is 43.7 Å². The number of amides is 1. The zero-order valence-corrected chi connectivity index (χ0v) is 19.5. The van der Waals surface area contributed by atoms with E-state index in [0.29, 0.717) is 35.0 Å². The minimum absolute atomic E-state index is 0.0756. The number of nitrogens with zero attached hydrogens (tertiary/aromatic N) is 3. The molecule has 1 aromatic heterocycles. The van der Waals surface area contributed by atoms with Gasteiger partial charge in [0.15, 0.2) is 0 Å². The predicted octanol–water partition coefficient (Wildman–Crippen LogP) is 5.69. The maximum absolute atomic E-state index is 13.8. The zero-order valence-electron chi connectivity index (χ0n) is 19.5. The summed E-state index contributed by atoms with van der Waals surface area (Å²) in [5, 5.41) is 0. The van der Waals surface area contributed by atoms with E-state index in [4.69, 9.17) is 9.47 Å². The van der Waals surface area contributed by atoms with Gasteiger partial charge >= 0.3 is 12.1 Å². The Morgan fingerprint density at radius 2 is 1.92 bits per heavy atom. The molecule has 2 aliphatic heterocycles. The van der Waals surface area contributed by atoms with Crippen LogP contribution in [0, 0.1) is 6.92 Å². The van der Waals surface area contributed by atoms with Gasteiger partial charge in [-0.2, -0.15) is 13.2 Å². The van der Waals surface area contributed by atoms with Crippen molar-refractivity contribution in [3.63, 3.8) is 0 Å². The Labute approximate surface area is 204 Å². The molecular weight excluding hydrogens is 471 g/mol. The number of hydrogen-bond acceptors (Lipinski definition) is 4. The molecule has 3 aromatic carbocycles. The van der Waals surface area contributed by atoms with Crippen LogP contribution in [0.25, 0.3) is 16.7 Å². The van der Waals surface area contributed by atoms with Gasteiger partial charge in [-0.15, -0.1) is 0 Å². The van der Waals surface area contributed by atoms with Gasteiger partial charge in [0.2, 0.25) is 0 Å². The number of aromatic nitrogens is 2. The lowest BCUT2D eigenvalue weighted by Crippen LogP contribution is -2.44. The van der Waals surface area contributed by atoms with Crippen LogP contribution in [0.5, 0.6) is 11.5 Å². The number of fused-ring (bicyclic) bond motifs is 3. The Hall–Kier alpha value is -4.01. The van der Waals surface area contributed by atoms with Gasteiger partial charge in [-0.1, -0.05) is 30.3 Å². The summed E-state index contributed by atoms with van der Waals surface area (Å²) in [4.78, 5) is 18.1. The van der Waals surface area contributed by atoms with Gasteiger partial charge in [0.05, 0.1) is 22.8 Å². The lowest BCUT2D eigenvalue weighted by molar-refractivity contribution is -0.171. The van der Waals surface area contributed by atoms with E-state index < -0.39 is 18.1 Å². The number of imidazole rings is 1. The lowest BCUT2D eigenvalue weighted by Gasteiger charge is -2.29. The van der Waals surface area contributed by atoms with Gasteiger partial charge < -0.3 is 9.47 Å². The van der Waals surface area contributed by atoms with E-state index in [1.54, 1.807) is 24.3 Å². The van der Waals surface area contributed by atoms with Crippen molar-refractivity contribution in [1.29, 1.82) is 0 Å². The zero-order chi connectivity index (χ0) is 25.2. The van der Waals surface area contributed by atoms with Crippen molar-refractivity contribution >= 4 is 22.6 Å². The lowest BCUT2D eigenvalue weighted by atomic mass is 10.0. The van der Waals surface area contributed by atoms with Gasteiger partial charge in [0, 0.05) is 23.7 Å². The number of halogens is 3. The molecule has 0 aliphatic carbocycles. The summed E-state index contributed by atoms with van der Waals surface area (Å²) in [6.45, 7) is 3.63. The summed E-state index contributed by atoms with van der Waals surface area (Å²) in [6, 6.07) is 16.7. The normalized spacial score (nSPS) is 18.5. The van der Waals surface area contributed by atoms with Crippen molar-refractivity contribution in [2.75, 3.05) is 11.5 Å². The van der Waals surface area contributed by atoms with Crippen LogP contribution in [0.2, 0.25) is 0 Å². The van der Waals surface area contributed by atoms with E-state index >= 15 is 0 Å². The standard InChI is InChI=1S/C27H22F3N3O3/c1-15-12-17-10-11-18(13-24(17)36-15)33(26(34)27(28,29)30)23-14-35-25-19(23)6-5-9-22(25)32-16(2)31-20-7-3-4-8-21(20)32/h3-11,13,15,23H,12,14H2,1-2H3. The smallest absolute Gasteiger partial charge is 0.471 e. The van der Waals surface area contributed by atoms with Crippen molar-refractivity contribution < 1.29 is 27.4 Å². The summed E-state index contributed by atoms with van der Waals surface area (Å²) in [5.41, 5.74) is 3.82. The van der Waals surface area contributed by atoms with E-state index in [9.17, 15) is 18.0 Å². The molecule has 0 saturated carbocycles. The number of para-hydroxylation sites is 3. The third kappa shape index (κ3) is 3.49. The highest BCUT2D eigenvalue weighted by molar-refractivity contribution is 5.98. The first kappa shape index (κ1) is 22.5. The van der Waals surface area contributed by atoms with Crippen LogP contribution < -0.4 is 14.4 Å². The summed E-state index contributed by atoms with van der Waals surface area (Å²) < 4.78 is 55.1. The van der Waals surface area contributed by atoms with Gasteiger partial charge in [-0.25, -0.2) is 4.98 Å². The predicted molar refractivity (Wildman–Crippen MR) is 128 cm³/mol. The van der Waals surface area contributed by atoms with E-state index in [1.807, 2.05) is 48.7 Å². The third-order valence-electron chi connectivity index (χ3n) is 6.68. The molecule has 0 radical (unpaired) electrons. The monoisotopic (exact) mass is 493 g/mol. The second-order valence-electron chi connectivity index (χ2n) is 9.10. The highest BCUT2D eigenvalue weighted by Gasteiger charge is 2.48. The molecule has 0 fully saturated rings. The number of hydrogen-bond donors (Lipinski definition) is 0. The number of alkyl halides is 3. The molecule has 9 heteroatoms. The molecule has 2 unspecified atom stereocenters. The fourth-order valence-corrected chi connectivity index (χ4v) is 5.17. The minimum atomic E-state index is -5.06.